The number of hydrogen-bond acceptors (Lipinski definition) is 3. The Morgan fingerprint density at radius 3 is 2.89 bits per heavy atom. The highest BCUT2D eigenvalue weighted by molar-refractivity contribution is 7.09. The van der Waals surface area contributed by atoms with Crippen molar-refractivity contribution >= 4 is 22.9 Å². The molecule has 0 amide bonds. The van der Waals surface area contributed by atoms with Crippen LogP contribution in [0.15, 0.2) is 23.6 Å². The normalized spacial score (nSPS) is 11.2. The average Bonchev–Trinajstić information content (AvgIpc) is 2.81. The number of nitrogens with one attached hydrogen (secondary N) is 1. The molecule has 1 aromatic carbocycles. The second kappa shape index (κ2) is 6.46. The third-order valence-electron chi connectivity index (χ3n) is 2.60. The third-order valence-corrected chi connectivity index (χ3v) is 3.73. The van der Waals surface area contributed by atoms with E-state index in [4.69, 9.17) is 11.6 Å². The molecule has 0 radical (unpaired) electrons. The maximum Gasteiger partial charge on any atom is 0.141 e. The van der Waals surface area contributed by atoms with E-state index >= 15 is 0 Å². The summed E-state index contributed by atoms with van der Waals surface area (Å²) in [5.41, 5.74) is 1.69. The van der Waals surface area contributed by atoms with Gasteiger partial charge in [0.2, 0.25) is 0 Å². The van der Waals surface area contributed by atoms with Crippen molar-refractivity contribution in [3.8, 4) is 11.3 Å². The number of thiazole rings is 1. The van der Waals surface area contributed by atoms with E-state index in [0.29, 0.717) is 5.92 Å². The molecule has 0 aliphatic carbocycles. The number of aromatic nitrogens is 1. The van der Waals surface area contributed by atoms with Crippen molar-refractivity contribution in [2.45, 2.75) is 20.4 Å². The van der Waals surface area contributed by atoms with Crippen LogP contribution in [0.3, 0.4) is 0 Å². The number of nitrogens with zero attached hydrogens (tertiary/aromatic N) is 1. The van der Waals surface area contributed by atoms with Gasteiger partial charge < -0.3 is 5.32 Å². The zero-order valence-corrected chi connectivity index (χ0v) is 12.5. The van der Waals surface area contributed by atoms with Crippen LogP contribution in [0, 0.1) is 11.7 Å². The van der Waals surface area contributed by atoms with Gasteiger partial charge in [-0.15, -0.1) is 11.3 Å². The van der Waals surface area contributed by atoms with E-state index in [9.17, 15) is 4.39 Å². The van der Waals surface area contributed by atoms with Crippen molar-refractivity contribution in [2.24, 2.45) is 5.92 Å². The van der Waals surface area contributed by atoms with E-state index in [1.165, 1.54) is 6.07 Å². The SMILES string of the molecule is CC(C)CNCc1nc(-c2ccc(F)c(Cl)c2)cs1. The van der Waals surface area contributed by atoms with E-state index in [1.807, 2.05) is 5.38 Å². The largest absolute Gasteiger partial charge is 0.310 e. The number of benzene rings is 1. The van der Waals surface area contributed by atoms with E-state index in [-0.39, 0.29) is 5.02 Å². The van der Waals surface area contributed by atoms with Gasteiger partial charge in [0.1, 0.15) is 10.8 Å². The van der Waals surface area contributed by atoms with Gasteiger partial charge in [-0.05, 0) is 30.7 Å². The molecule has 0 aliphatic heterocycles. The average molecular weight is 299 g/mol. The summed E-state index contributed by atoms with van der Waals surface area (Å²) in [6, 6.07) is 4.67. The molecular weight excluding hydrogens is 283 g/mol. The van der Waals surface area contributed by atoms with Gasteiger partial charge in [0, 0.05) is 17.5 Å². The monoisotopic (exact) mass is 298 g/mol. The summed E-state index contributed by atoms with van der Waals surface area (Å²) in [6.07, 6.45) is 0. The Kier molecular flexibility index (Phi) is 4.91. The Hall–Kier alpha value is -0.970. The van der Waals surface area contributed by atoms with Crippen LogP contribution in [0.2, 0.25) is 5.02 Å². The van der Waals surface area contributed by atoms with Crippen molar-refractivity contribution in [3.63, 3.8) is 0 Å². The van der Waals surface area contributed by atoms with E-state index in [1.54, 1.807) is 23.5 Å². The standard InChI is InChI=1S/C14H16ClFN2S/c1-9(2)6-17-7-14-18-13(8-19-14)10-3-4-12(16)11(15)5-10/h3-5,8-9,17H,6-7H2,1-2H3. The molecule has 102 valence electrons. The first-order valence-electron chi connectivity index (χ1n) is 6.17. The Balaban J connectivity index is 2.05. The molecule has 0 fully saturated rings. The van der Waals surface area contributed by atoms with Crippen LogP contribution in [0.4, 0.5) is 4.39 Å². The lowest BCUT2D eigenvalue weighted by Gasteiger charge is -2.04. The molecule has 19 heavy (non-hydrogen) atoms. The highest BCUT2D eigenvalue weighted by atomic mass is 35.5. The van der Waals surface area contributed by atoms with E-state index in [2.05, 4.69) is 24.1 Å². The van der Waals surface area contributed by atoms with Gasteiger partial charge in [0.05, 0.1) is 10.7 Å². The molecule has 2 nitrogen and oxygen atoms in total. The van der Waals surface area contributed by atoms with Crippen LogP contribution in [0.5, 0.6) is 0 Å². The molecule has 1 N–H and O–H groups in total. The highest BCUT2D eigenvalue weighted by Gasteiger charge is 2.07. The molecule has 0 bridgehead atoms. The quantitative estimate of drug-likeness (QED) is 0.888. The van der Waals surface area contributed by atoms with Gasteiger partial charge in [-0.3, -0.25) is 0 Å². The molecule has 2 rings (SSSR count). The predicted octanol–water partition coefficient (Wildman–Crippen LogP) is 4.35. The minimum atomic E-state index is -0.403. The molecule has 0 saturated heterocycles. The minimum absolute atomic E-state index is 0.130. The Morgan fingerprint density at radius 2 is 2.21 bits per heavy atom. The Morgan fingerprint density at radius 1 is 1.42 bits per heavy atom. The fraction of sp³-hybridized carbons (Fsp3) is 0.357. The first-order valence-corrected chi connectivity index (χ1v) is 7.42. The second-order valence-corrected chi connectivity index (χ2v) is 6.13. The van der Waals surface area contributed by atoms with Crippen LogP contribution < -0.4 is 5.32 Å². The van der Waals surface area contributed by atoms with Gasteiger partial charge in [0.25, 0.3) is 0 Å². The van der Waals surface area contributed by atoms with Crippen molar-refractivity contribution in [2.75, 3.05) is 6.54 Å². The molecule has 0 saturated carbocycles. The maximum absolute atomic E-state index is 13.1. The minimum Gasteiger partial charge on any atom is -0.310 e. The Labute approximate surface area is 121 Å². The maximum atomic E-state index is 13.1. The Bertz CT molecular complexity index is 554. The fourth-order valence-corrected chi connectivity index (χ4v) is 2.60. The molecule has 0 spiro atoms. The van der Waals surface area contributed by atoms with Crippen LogP contribution in [-0.2, 0) is 6.54 Å². The van der Waals surface area contributed by atoms with Crippen molar-refractivity contribution < 1.29 is 4.39 Å². The summed E-state index contributed by atoms with van der Waals surface area (Å²) in [7, 11) is 0. The molecule has 2 aromatic rings. The van der Waals surface area contributed by atoms with Gasteiger partial charge >= 0.3 is 0 Å². The van der Waals surface area contributed by atoms with Crippen molar-refractivity contribution in [1.82, 2.24) is 10.3 Å². The van der Waals surface area contributed by atoms with Crippen LogP contribution in [0.1, 0.15) is 18.9 Å². The molecule has 0 atom stereocenters. The summed E-state index contributed by atoms with van der Waals surface area (Å²) in [4.78, 5) is 4.52. The highest BCUT2D eigenvalue weighted by Crippen LogP contribution is 2.26. The van der Waals surface area contributed by atoms with Crippen LogP contribution in [-0.4, -0.2) is 11.5 Å². The third kappa shape index (κ3) is 4.00. The van der Waals surface area contributed by atoms with Crippen molar-refractivity contribution in [1.29, 1.82) is 0 Å². The van der Waals surface area contributed by atoms with Crippen LogP contribution >= 0.6 is 22.9 Å². The van der Waals surface area contributed by atoms with Gasteiger partial charge in [0.15, 0.2) is 0 Å². The molecular formula is C14H16ClFN2S. The zero-order valence-electron chi connectivity index (χ0n) is 10.9. The van der Waals surface area contributed by atoms with Gasteiger partial charge in [-0.2, -0.15) is 0 Å². The first kappa shape index (κ1) is 14.4. The smallest absolute Gasteiger partial charge is 0.141 e. The predicted molar refractivity (Wildman–Crippen MR) is 79.1 cm³/mol. The number of hydrogen-bond donors (Lipinski definition) is 1. The summed E-state index contributed by atoms with van der Waals surface area (Å²) in [5.74, 6) is 0.217. The fourth-order valence-electron chi connectivity index (χ4n) is 1.65. The molecule has 5 heteroatoms. The molecule has 1 heterocycles. The molecule has 0 aliphatic rings. The van der Waals surface area contributed by atoms with E-state index in [0.717, 1.165) is 29.4 Å². The molecule has 0 unspecified atom stereocenters. The lowest BCUT2D eigenvalue weighted by atomic mass is 10.2. The van der Waals surface area contributed by atoms with E-state index < -0.39 is 5.82 Å². The number of halogens is 2. The zero-order chi connectivity index (χ0) is 13.8. The van der Waals surface area contributed by atoms with Gasteiger partial charge in [-0.25, -0.2) is 9.37 Å². The summed E-state index contributed by atoms with van der Waals surface area (Å²) in [5, 5.41) is 6.47. The topological polar surface area (TPSA) is 24.9 Å². The number of rotatable bonds is 5. The lowest BCUT2D eigenvalue weighted by Crippen LogP contribution is -2.18. The summed E-state index contributed by atoms with van der Waals surface area (Å²) in [6.45, 7) is 6.07. The van der Waals surface area contributed by atoms with Gasteiger partial charge in [-0.1, -0.05) is 25.4 Å². The summed E-state index contributed by atoms with van der Waals surface area (Å²) < 4.78 is 13.1. The van der Waals surface area contributed by atoms with Crippen LogP contribution in [0.25, 0.3) is 11.3 Å². The van der Waals surface area contributed by atoms with Crippen molar-refractivity contribution in [3.05, 3.63) is 39.4 Å². The lowest BCUT2D eigenvalue weighted by molar-refractivity contribution is 0.551. The molecule has 1 aromatic heterocycles. The first-order chi connectivity index (χ1) is 9.06. The summed E-state index contributed by atoms with van der Waals surface area (Å²) >= 11 is 7.37. The second-order valence-electron chi connectivity index (χ2n) is 4.78.